The molecule has 0 aromatic carbocycles. The van der Waals surface area contributed by atoms with Gasteiger partial charge in [-0.3, -0.25) is 14.7 Å². The largest absolute Gasteiger partial charge is 0.394 e. The van der Waals surface area contributed by atoms with Crippen molar-refractivity contribution >= 4 is 17.2 Å². The molecule has 146 valence electrons. The van der Waals surface area contributed by atoms with Crippen LogP contribution in [-0.4, -0.2) is 40.1 Å². The van der Waals surface area contributed by atoms with Crippen LogP contribution >= 0.6 is 11.3 Å². The van der Waals surface area contributed by atoms with E-state index in [9.17, 15) is 9.90 Å². The Labute approximate surface area is 165 Å². The number of aliphatic hydroxyl groups excluding tert-OH is 1. The second-order valence-corrected chi connectivity index (χ2v) is 8.49. The number of pyridine rings is 1. The molecule has 0 aliphatic carbocycles. The monoisotopic (exact) mass is 387 g/mol. The summed E-state index contributed by atoms with van der Waals surface area (Å²) in [4.78, 5) is 20.9. The van der Waals surface area contributed by atoms with E-state index in [1.807, 2.05) is 25.4 Å². The van der Waals surface area contributed by atoms with E-state index in [2.05, 4.69) is 34.3 Å². The second-order valence-electron chi connectivity index (χ2n) is 7.53. The lowest BCUT2D eigenvalue weighted by Crippen LogP contribution is -2.41. The van der Waals surface area contributed by atoms with Crippen molar-refractivity contribution in [2.24, 2.45) is 5.92 Å². The molecule has 0 unspecified atom stereocenters. The fourth-order valence-electron chi connectivity index (χ4n) is 3.36. The molecule has 2 aromatic heterocycles. The first kappa shape index (κ1) is 20.0. The number of aliphatic hydroxyl groups is 1. The van der Waals surface area contributed by atoms with Gasteiger partial charge in [-0.1, -0.05) is 26.8 Å². The summed E-state index contributed by atoms with van der Waals surface area (Å²) in [5.74, 6) is 0.140. The Morgan fingerprint density at radius 2 is 2.22 bits per heavy atom. The normalized spacial score (nSPS) is 15.6. The molecule has 0 bridgehead atoms. The van der Waals surface area contributed by atoms with Crippen LogP contribution in [0.2, 0.25) is 0 Å². The zero-order valence-corrected chi connectivity index (χ0v) is 17.2. The molecule has 27 heavy (non-hydrogen) atoms. The Balaban J connectivity index is 1.64. The summed E-state index contributed by atoms with van der Waals surface area (Å²) < 4.78 is 0. The minimum absolute atomic E-state index is 0.0344. The van der Waals surface area contributed by atoms with Crippen LogP contribution in [0.4, 0.5) is 0 Å². The third-order valence-corrected chi connectivity index (χ3v) is 6.28. The third-order valence-electron chi connectivity index (χ3n) is 5.27. The van der Waals surface area contributed by atoms with Gasteiger partial charge in [0, 0.05) is 36.1 Å². The average Bonchev–Trinajstić information content (AvgIpc) is 3.09. The number of amides is 1. The SMILES string of the molecule is CCc1ccc(CN2CCc3c(C(=O)N[C@H](CO)C(C)C)csc3C2)nc1. The molecule has 3 rings (SSSR count). The minimum atomic E-state index is -0.203. The Kier molecular flexibility index (Phi) is 6.63. The van der Waals surface area contributed by atoms with Crippen LogP contribution < -0.4 is 5.32 Å². The Morgan fingerprint density at radius 1 is 1.41 bits per heavy atom. The van der Waals surface area contributed by atoms with Gasteiger partial charge in [-0.2, -0.15) is 0 Å². The maximum Gasteiger partial charge on any atom is 0.252 e. The van der Waals surface area contributed by atoms with Crippen molar-refractivity contribution in [2.75, 3.05) is 13.2 Å². The number of nitrogens with zero attached hydrogens (tertiary/aromatic N) is 2. The van der Waals surface area contributed by atoms with Crippen molar-refractivity contribution in [1.82, 2.24) is 15.2 Å². The third kappa shape index (κ3) is 4.75. The lowest BCUT2D eigenvalue weighted by atomic mass is 10.0. The number of hydrogen-bond donors (Lipinski definition) is 2. The zero-order chi connectivity index (χ0) is 19.4. The van der Waals surface area contributed by atoms with Gasteiger partial charge in [-0.25, -0.2) is 0 Å². The summed E-state index contributed by atoms with van der Waals surface area (Å²) in [5.41, 5.74) is 4.30. The zero-order valence-electron chi connectivity index (χ0n) is 16.4. The number of carbonyl (C=O) groups is 1. The van der Waals surface area contributed by atoms with E-state index in [0.29, 0.717) is 0 Å². The molecule has 5 nitrogen and oxygen atoms in total. The molecule has 2 N–H and O–H groups in total. The fraction of sp³-hybridized carbons (Fsp3) is 0.524. The van der Waals surface area contributed by atoms with Crippen LogP contribution in [0, 0.1) is 5.92 Å². The van der Waals surface area contributed by atoms with Crippen molar-refractivity contribution in [3.63, 3.8) is 0 Å². The van der Waals surface area contributed by atoms with Crippen LogP contribution in [0.25, 0.3) is 0 Å². The number of carbonyl (C=O) groups excluding carboxylic acids is 1. The summed E-state index contributed by atoms with van der Waals surface area (Å²) in [7, 11) is 0. The first-order chi connectivity index (χ1) is 13.0. The molecule has 2 aromatic rings. The number of hydrogen-bond acceptors (Lipinski definition) is 5. The average molecular weight is 388 g/mol. The predicted octanol–water partition coefficient (Wildman–Crippen LogP) is 3.01. The molecule has 1 aliphatic heterocycles. The molecule has 1 aliphatic rings. The van der Waals surface area contributed by atoms with Gasteiger partial charge in [0.2, 0.25) is 0 Å². The van der Waals surface area contributed by atoms with Crippen LogP contribution in [0.5, 0.6) is 0 Å². The number of thiophene rings is 1. The van der Waals surface area contributed by atoms with Crippen LogP contribution in [-0.2, 0) is 25.9 Å². The number of aryl methyl sites for hydroxylation is 1. The van der Waals surface area contributed by atoms with Crippen LogP contribution in [0.15, 0.2) is 23.7 Å². The number of aromatic nitrogens is 1. The molecule has 6 heteroatoms. The minimum Gasteiger partial charge on any atom is -0.394 e. The van der Waals surface area contributed by atoms with Gasteiger partial charge in [0.15, 0.2) is 0 Å². The van der Waals surface area contributed by atoms with Crippen molar-refractivity contribution in [1.29, 1.82) is 0 Å². The molecule has 1 atom stereocenters. The van der Waals surface area contributed by atoms with Gasteiger partial charge in [-0.15, -0.1) is 11.3 Å². The summed E-state index contributed by atoms with van der Waals surface area (Å²) in [5, 5.41) is 14.4. The molecule has 0 fully saturated rings. The lowest BCUT2D eigenvalue weighted by Gasteiger charge is -2.27. The molecule has 0 saturated heterocycles. The van der Waals surface area contributed by atoms with Crippen molar-refractivity contribution in [3.05, 3.63) is 51.0 Å². The van der Waals surface area contributed by atoms with Crippen molar-refractivity contribution < 1.29 is 9.90 Å². The summed E-state index contributed by atoms with van der Waals surface area (Å²) in [6.07, 6.45) is 3.85. The van der Waals surface area contributed by atoms with E-state index in [4.69, 9.17) is 0 Å². The van der Waals surface area contributed by atoms with E-state index in [1.165, 1.54) is 16.0 Å². The highest BCUT2D eigenvalue weighted by Crippen LogP contribution is 2.29. The van der Waals surface area contributed by atoms with Crippen molar-refractivity contribution in [3.8, 4) is 0 Å². The molecule has 3 heterocycles. The molecule has 0 spiro atoms. The predicted molar refractivity (Wildman–Crippen MR) is 109 cm³/mol. The lowest BCUT2D eigenvalue weighted by molar-refractivity contribution is 0.0895. The Bertz CT molecular complexity index is 770. The number of fused-ring (bicyclic) bond motifs is 1. The molecule has 0 radical (unpaired) electrons. The number of rotatable bonds is 7. The molecule has 1 amide bonds. The maximum absolute atomic E-state index is 12.6. The van der Waals surface area contributed by atoms with Gasteiger partial charge in [0.25, 0.3) is 5.91 Å². The Hall–Kier alpha value is -1.76. The quantitative estimate of drug-likeness (QED) is 0.766. The maximum atomic E-state index is 12.6. The first-order valence-corrected chi connectivity index (χ1v) is 10.6. The molecular formula is C21H29N3O2S. The molecule has 0 saturated carbocycles. The van der Waals surface area contributed by atoms with E-state index in [-0.39, 0.29) is 24.5 Å². The standard InChI is InChI=1S/C21H29N3O2S/c1-4-15-5-6-16(22-9-15)10-24-8-7-17-18(13-27-20(17)11-24)21(26)23-19(12-25)14(2)3/h5-6,9,13-14,19,25H,4,7-8,10-12H2,1-3H3,(H,23,26)/t19-/m1/s1. The van der Waals surface area contributed by atoms with Gasteiger partial charge in [0.05, 0.1) is 23.9 Å². The van der Waals surface area contributed by atoms with E-state index >= 15 is 0 Å². The fourth-order valence-corrected chi connectivity index (χ4v) is 4.48. The van der Waals surface area contributed by atoms with Gasteiger partial charge < -0.3 is 10.4 Å². The highest BCUT2D eigenvalue weighted by molar-refractivity contribution is 7.10. The first-order valence-electron chi connectivity index (χ1n) is 9.68. The van der Waals surface area contributed by atoms with E-state index in [1.54, 1.807) is 11.3 Å². The summed E-state index contributed by atoms with van der Waals surface area (Å²) in [6.45, 7) is 8.73. The number of nitrogens with one attached hydrogen (secondary N) is 1. The second kappa shape index (κ2) is 8.95. The molecular weight excluding hydrogens is 358 g/mol. The van der Waals surface area contributed by atoms with E-state index < -0.39 is 0 Å². The summed E-state index contributed by atoms with van der Waals surface area (Å²) >= 11 is 1.66. The highest BCUT2D eigenvalue weighted by atomic mass is 32.1. The van der Waals surface area contributed by atoms with Gasteiger partial charge >= 0.3 is 0 Å². The smallest absolute Gasteiger partial charge is 0.252 e. The topological polar surface area (TPSA) is 65.5 Å². The summed E-state index contributed by atoms with van der Waals surface area (Å²) in [6, 6.07) is 4.06. The van der Waals surface area contributed by atoms with E-state index in [0.717, 1.165) is 43.7 Å². The van der Waals surface area contributed by atoms with Gasteiger partial charge in [-0.05, 0) is 36.0 Å². The van der Waals surface area contributed by atoms with Crippen LogP contribution in [0.1, 0.15) is 52.8 Å². The van der Waals surface area contributed by atoms with Crippen molar-refractivity contribution in [2.45, 2.75) is 52.7 Å². The Morgan fingerprint density at radius 3 is 2.85 bits per heavy atom. The van der Waals surface area contributed by atoms with Gasteiger partial charge in [0.1, 0.15) is 0 Å². The highest BCUT2D eigenvalue weighted by Gasteiger charge is 2.25. The van der Waals surface area contributed by atoms with Crippen LogP contribution in [0.3, 0.4) is 0 Å².